The number of nitrogens with zero attached hydrogens (tertiary/aromatic N) is 3. The predicted octanol–water partition coefficient (Wildman–Crippen LogP) is 2.05. The largest absolute Gasteiger partial charge is 0.497 e. The topological polar surface area (TPSA) is 77.2 Å². The Morgan fingerprint density at radius 1 is 1.43 bits per heavy atom. The summed E-state index contributed by atoms with van der Waals surface area (Å²) < 4.78 is 44.4. The number of benzene rings is 1. The molecule has 2 aromatic rings. The number of rotatable bonds is 4. The molecule has 0 spiro atoms. The van der Waals surface area contributed by atoms with Crippen molar-refractivity contribution in [1.29, 1.82) is 0 Å². The molecule has 1 heterocycles. The van der Waals surface area contributed by atoms with E-state index in [1.165, 1.54) is 13.2 Å². The molecule has 0 aliphatic rings. The van der Waals surface area contributed by atoms with Crippen LogP contribution < -0.4 is 4.74 Å². The molecular weight excluding hydrogens is 291 g/mol. The Kier molecular flexibility index (Phi) is 3.83. The third-order valence-electron chi connectivity index (χ3n) is 2.67. The molecule has 0 amide bonds. The van der Waals surface area contributed by atoms with Crippen LogP contribution in [0.25, 0.3) is 0 Å². The maximum atomic E-state index is 13.0. The van der Waals surface area contributed by atoms with E-state index in [4.69, 9.17) is 9.84 Å². The average Bonchev–Trinajstić information content (AvgIpc) is 2.83. The van der Waals surface area contributed by atoms with Gasteiger partial charge < -0.3 is 9.84 Å². The molecule has 0 unspecified atom stereocenters. The highest BCUT2D eigenvalue weighted by Gasteiger charge is 2.41. The summed E-state index contributed by atoms with van der Waals surface area (Å²) in [5, 5.41) is 15.1. The quantitative estimate of drug-likeness (QED) is 0.935. The zero-order valence-corrected chi connectivity index (χ0v) is 10.8. The summed E-state index contributed by atoms with van der Waals surface area (Å²) in [6.07, 6.45) is -4.86. The molecule has 0 saturated carbocycles. The normalized spacial score (nSPS) is 11.4. The second-order valence-electron chi connectivity index (χ2n) is 4.10. The second kappa shape index (κ2) is 5.43. The van der Waals surface area contributed by atoms with E-state index in [2.05, 4.69) is 10.3 Å². The standard InChI is InChI=1S/C12H10F3N3O3/c1-21-8-4-2-3-7(5-8)6-18-10(12(13,14)15)9(11(19)20)16-17-18/h2-5H,6H2,1H3,(H,19,20). The number of ether oxygens (including phenoxy) is 1. The summed E-state index contributed by atoms with van der Waals surface area (Å²) in [5.41, 5.74) is -2.04. The molecular formula is C12H10F3N3O3. The number of carboxylic acid groups (broad SMARTS) is 1. The van der Waals surface area contributed by atoms with Crippen molar-refractivity contribution in [2.75, 3.05) is 7.11 Å². The molecule has 0 saturated heterocycles. The van der Waals surface area contributed by atoms with Crippen LogP contribution in [0.5, 0.6) is 5.75 Å². The van der Waals surface area contributed by atoms with E-state index in [0.717, 1.165) is 0 Å². The molecule has 6 nitrogen and oxygen atoms in total. The van der Waals surface area contributed by atoms with Gasteiger partial charge in [-0.15, -0.1) is 5.10 Å². The lowest BCUT2D eigenvalue weighted by molar-refractivity contribution is -0.144. The lowest BCUT2D eigenvalue weighted by Gasteiger charge is -2.10. The van der Waals surface area contributed by atoms with Crippen LogP contribution in [0, 0.1) is 0 Å². The minimum absolute atomic E-state index is 0.272. The zero-order chi connectivity index (χ0) is 15.6. The first kappa shape index (κ1) is 14.8. The monoisotopic (exact) mass is 301 g/mol. The number of carboxylic acids is 1. The van der Waals surface area contributed by atoms with E-state index in [1.54, 1.807) is 18.2 Å². The van der Waals surface area contributed by atoms with Crippen molar-refractivity contribution in [2.45, 2.75) is 12.7 Å². The van der Waals surface area contributed by atoms with Gasteiger partial charge in [0.05, 0.1) is 13.7 Å². The van der Waals surface area contributed by atoms with E-state index in [9.17, 15) is 18.0 Å². The Bertz CT molecular complexity index is 667. The predicted molar refractivity (Wildman–Crippen MR) is 64.1 cm³/mol. The van der Waals surface area contributed by atoms with E-state index in [-0.39, 0.29) is 6.54 Å². The fourth-order valence-electron chi connectivity index (χ4n) is 1.79. The summed E-state index contributed by atoms with van der Waals surface area (Å²) in [7, 11) is 1.43. The van der Waals surface area contributed by atoms with Crippen LogP contribution in [-0.4, -0.2) is 33.2 Å². The number of aromatic nitrogens is 3. The van der Waals surface area contributed by atoms with Crippen molar-refractivity contribution >= 4 is 5.97 Å². The summed E-state index contributed by atoms with van der Waals surface area (Å²) in [6, 6.07) is 6.35. The van der Waals surface area contributed by atoms with Gasteiger partial charge in [0.1, 0.15) is 5.75 Å². The molecule has 112 valence electrons. The lowest BCUT2D eigenvalue weighted by atomic mass is 10.2. The zero-order valence-electron chi connectivity index (χ0n) is 10.8. The van der Waals surface area contributed by atoms with E-state index >= 15 is 0 Å². The van der Waals surface area contributed by atoms with Crippen molar-refractivity contribution in [2.24, 2.45) is 0 Å². The highest BCUT2D eigenvalue weighted by molar-refractivity contribution is 5.86. The van der Waals surface area contributed by atoms with E-state index in [1.807, 2.05) is 0 Å². The van der Waals surface area contributed by atoms with Gasteiger partial charge >= 0.3 is 12.1 Å². The molecule has 0 fully saturated rings. The van der Waals surface area contributed by atoms with Gasteiger partial charge in [-0.05, 0) is 17.7 Å². The van der Waals surface area contributed by atoms with Crippen LogP contribution in [0.15, 0.2) is 24.3 Å². The maximum Gasteiger partial charge on any atom is 0.435 e. The smallest absolute Gasteiger partial charge is 0.435 e. The van der Waals surface area contributed by atoms with Crippen LogP contribution >= 0.6 is 0 Å². The molecule has 21 heavy (non-hydrogen) atoms. The third-order valence-corrected chi connectivity index (χ3v) is 2.67. The number of methoxy groups -OCH3 is 1. The van der Waals surface area contributed by atoms with Gasteiger partial charge in [-0.3, -0.25) is 0 Å². The molecule has 9 heteroatoms. The van der Waals surface area contributed by atoms with Gasteiger partial charge in [-0.2, -0.15) is 13.2 Å². The van der Waals surface area contributed by atoms with Crippen LogP contribution in [0.1, 0.15) is 21.7 Å². The van der Waals surface area contributed by atoms with Crippen LogP contribution in [0.3, 0.4) is 0 Å². The number of hydrogen-bond donors (Lipinski definition) is 1. The molecule has 0 aliphatic carbocycles. The Balaban J connectivity index is 2.42. The SMILES string of the molecule is COc1cccc(Cn2nnc(C(=O)O)c2C(F)(F)F)c1. The van der Waals surface area contributed by atoms with Gasteiger partial charge in [0.15, 0.2) is 5.69 Å². The van der Waals surface area contributed by atoms with Crippen molar-refractivity contribution in [3.05, 3.63) is 41.2 Å². The molecule has 0 aliphatic heterocycles. The fraction of sp³-hybridized carbons (Fsp3) is 0.250. The fourth-order valence-corrected chi connectivity index (χ4v) is 1.79. The molecule has 1 aromatic heterocycles. The Hall–Kier alpha value is -2.58. The average molecular weight is 301 g/mol. The Morgan fingerprint density at radius 3 is 2.71 bits per heavy atom. The van der Waals surface area contributed by atoms with Crippen LogP contribution in [0.4, 0.5) is 13.2 Å². The first-order valence-corrected chi connectivity index (χ1v) is 5.70. The van der Waals surface area contributed by atoms with Gasteiger partial charge in [0.25, 0.3) is 0 Å². The minimum atomic E-state index is -4.86. The summed E-state index contributed by atoms with van der Waals surface area (Å²) in [4.78, 5) is 10.8. The second-order valence-corrected chi connectivity index (χ2v) is 4.10. The summed E-state index contributed by atoms with van der Waals surface area (Å²) in [6.45, 7) is -0.272. The molecule has 0 atom stereocenters. The van der Waals surface area contributed by atoms with Gasteiger partial charge in [0.2, 0.25) is 5.69 Å². The highest BCUT2D eigenvalue weighted by Crippen LogP contribution is 2.31. The minimum Gasteiger partial charge on any atom is -0.497 e. The number of halogens is 3. The summed E-state index contributed by atoms with van der Waals surface area (Å²) in [5.74, 6) is -1.31. The first-order chi connectivity index (χ1) is 9.82. The lowest BCUT2D eigenvalue weighted by Crippen LogP contribution is -2.18. The van der Waals surface area contributed by atoms with E-state index in [0.29, 0.717) is 16.0 Å². The van der Waals surface area contributed by atoms with E-state index < -0.39 is 23.5 Å². The maximum absolute atomic E-state index is 13.0. The summed E-state index contributed by atoms with van der Waals surface area (Å²) >= 11 is 0. The third kappa shape index (κ3) is 3.12. The molecule has 1 N–H and O–H groups in total. The Labute approximate surface area is 116 Å². The number of aromatic carboxylic acids is 1. The van der Waals surface area contributed by atoms with Crippen molar-refractivity contribution < 1.29 is 27.8 Å². The first-order valence-electron chi connectivity index (χ1n) is 5.70. The number of hydrogen-bond acceptors (Lipinski definition) is 4. The van der Waals surface area contributed by atoms with Crippen molar-refractivity contribution in [1.82, 2.24) is 15.0 Å². The van der Waals surface area contributed by atoms with Crippen LogP contribution in [0.2, 0.25) is 0 Å². The van der Waals surface area contributed by atoms with Gasteiger partial charge in [-0.1, -0.05) is 17.3 Å². The van der Waals surface area contributed by atoms with Gasteiger partial charge in [-0.25, -0.2) is 9.48 Å². The molecule has 0 radical (unpaired) electrons. The Morgan fingerprint density at radius 2 is 2.14 bits per heavy atom. The van der Waals surface area contributed by atoms with Gasteiger partial charge in [0, 0.05) is 0 Å². The van der Waals surface area contributed by atoms with Crippen molar-refractivity contribution in [3.63, 3.8) is 0 Å². The number of carbonyl (C=O) groups is 1. The van der Waals surface area contributed by atoms with Crippen molar-refractivity contribution in [3.8, 4) is 5.75 Å². The molecule has 1 aromatic carbocycles. The number of alkyl halides is 3. The van der Waals surface area contributed by atoms with Crippen LogP contribution in [-0.2, 0) is 12.7 Å². The molecule has 0 bridgehead atoms. The highest BCUT2D eigenvalue weighted by atomic mass is 19.4. The molecule has 2 rings (SSSR count).